The second-order valence-corrected chi connectivity index (χ2v) is 3.88. The van der Waals surface area contributed by atoms with Crippen molar-refractivity contribution in [1.29, 1.82) is 0 Å². The molecule has 4 heteroatoms. The van der Waals surface area contributed by atoms with E-state index in [9.17, 15) is 4.79 Å². The maximum Gasteiger partial charge on any atom is 0.320 e. The van der Waals surface area contributed by atoms with E-state index in [-0.39, 0.29) is 6.04 Å². The van der Waals surface area contributed by atoms with E-state index in [1.165, 1.54) is 0 Å². The van der Waals surface area contributed by atoms with Crippen molar-refractivity contribution in [2.45, 2.75) is 33.2 Å². The summed E-state index contributed by atoms with van der Waals surface area (Å²) < 4.78 is 0. The minimum atomic E-state index is -0.750. The first-order valence-electron chi connectivity index (χ1n) is 5.68. The maximum atomic E-state index is 10.7. The third-order valence-electron chi connectivity index (χ3n) is 2.90. The molecular formula is C11H24N2O2. The van der Waals surface area contributed by atoms with Crippen LogP contribution in [0.15, 0.2) is 0 Å². The van der Waals surface area contributed by atoms with E-state index in [4.69, 9.17) is 5.11 Å². The van der Waals surface area contributed by atoms with E-state index in [2.05, 4.69) is 18.7 Å². The summed E-state index contributed by atoms with van der Waals surface area (Å²) in [5, 5.41) is 8.80. The fourth-order valence-corrected chi connectivity index (χ4v) is 1.47. The molecule has 0 radical (unpaired) electrons. The molecule has 0 spiro atoms. The van der Waals surface area contributed by atoms with Crippen LogP contribution in [-0.2, 0) is 4.79 Å². The van der Waals surface area contributed by atoms with Crippen molar-refractivity contribution in [1.82, 2.24) is 9.80 Å². The smallest absolute Gasteiger partial charge is 0.320 e. The Bertz CT molecular complexity index is 181. The van der Waals surface area contributed by atoms with Gasteiger partial charge in [-0.3, -0.25) is 9.69 Å². The highest BCUT2D eigenvalue weighted by atomic mass is 16.4. The van der Waals surface area contributed by atoms with Crippen LogP contribution < -0.4 is 0 Å². The topological polar surface area (TPSA) is 43.8 Å². The second-order valence-electron chi connectivity index (χ2n) is 3.88. The number of likely N-dealkylation sites (N-methyl/N-ethyl adjacent to an activating group) is 1. The SMILES string of the molecule is CCN(CC)CCCN(C)C(C)C(=O)O. The molecule has 0 fully saturated rings. The van der Waals surface area contributed by atoms with Gasteiger partial charge in [-0.15, -0.1) is 0 Å². The Kier molecular flexibility index (Phi) is 7.34. The van der Waals surface area contributed by atoms with Crippen LogP contribution in [0.3, 0.4) is 0 Å². The Labute approximate surface area is 92.9 Å². The first-order valence-corrected chi connectivity index (χ1v) is 5.68. The van der Waals surface area contributed by atoms with E-state index in [1.54, 1.807) is 6.92 Å². The van der Waals surface area contributed by atoms with Gasteiger partial charge in [0.2, 0.25) is 0 Å². The molecule has 0 saturated heterocycles. The molecule has 15 heavy (non-hydrogen) atoms. The fraction of sp³-hybridized carbons (Fsp3) is 0.909. The molecule has 0 aromatic rings. The number of aliphatic carboxylic acids is 1. The Hall–Kier alpha value is -0.610. The quantitative estimate of drug-likeness (QED) is 0.660. The fourth-order valence-electron chi connectivity index (χ4n) is 1.47. The van der Waals surface area contributed by atoms with E-state index >= 15 is 0 Å². The molecule has 0 aliphatic rings. The van der Waals surface area contributed by atoms with Gasteiger partial charge < -0.3 is 10.0 Å². The minimum Gasteiger partial charge on any atom is -0.480 e. The Balaban J connectivity index is 3.71. The summed E-state index contributed by atoms with van der Waals surface area (Å²) in [5.74, 6) is -0.750. The lowest BCUT2D eigenvalue weighted by Crippen LogP contribution is -2.37. The average Bonchev–Trinajstić information content (AvgIpc) is 2.22. The van der Waals surface area contributed by atoms with Gasteiger partial charge in [0.1, 0.15) is 6.04 Å². The number of nitrogens with zero attached hydrogens (tertiary/aromatic N) is 2. The standard InChI is InChI=1S/C11H24N2O2/c1-5-13(6-2)9-7-8-12(4)10(3)11(14)15/h10H,5-9H2,1-4H3,(H,14,15). The van der Waals surface area contributed by atoms with Crippen molar-refractivity contribution in [3.63, 3.8) is 0 Å². The van der Waals surface area contributed by atoms with Gasteiger partial charge in [0, 0.05) is 0 Å². The first kappa shape index (κ1) is 14.4. The van der Waals surface area contributed by atoms with Crippen LogP contribution >= 0.6 is 0 Å². The van der Waals surface area contributed by atoms with Crippen molar-refractivity contribution in [2.24, 2.45) is 0 Å². The second kappa shape index (κ2) is 7.65. The minimum absolute atomic E-state index is 0.387. The molecule has 0 amide bonds. The number of carbonyl (C=O) groups is 1. The van der Waals surface area contributed by atoms with E-state index < -0.39 is 5.97 Å². The number of hydrogen-bond donors (Lipinski definition) is 1. The summed E-state index contributed by atoms with van der Waals surface area (Å²) in [6.07, 6.45) is 1.02. The predicted octanol–water partition coefficient (Wildman–Crippen LogP) is 1.12. The lowest BCUT2D eigenvalue weighted by molar-refractivity contribution is -0.142. The van der Waals surface area contributed by atoms with Gasteiger partial charge in [-0.05, 0) is 46.6 Å². The van der Waals surface area contributed by atoms with Gasteiger partial charge in [-0.2, -0.15) is 0 Å². The summed E-state index contributed by atoms with van der Waals surface area (Å²) in [7, 11) is 1.86. The highest BCUT2D eigenvalue weighted by Gasteiger charge is 2.15. The van der Waals surface area contributed by atoms with Gasteiger partial charge in [0.25, 0.3) is 0 Å². The molecule has 4 nitrogen and oxygen atoms in total. The van der Waals surface area contributed by atoms with Crippen LogP contribution in [0.2, 0.25) is 0 Å². The molecule has 0 aliphatic heterocycles. The van der Waals surface area contributed by atoms with Crippen molar-refractivity contribution < 1.29 is 9.90 Å². The molecule has 90 valence electrons. The van der Waals surface area contributed by atoms with Crippen LogP contribution in [0.5, 0.6) is 0 Å². The molecule has 0 aromatic heterocycles. The molecule has 0 heterocycles. The highest BCUT2D eigenvalue weighted by molar-refractivity contribution is 5.72. The summed E-state index contributed by atoms with van der Waals surface area (Å²) in [6.45, 7) is 10.0. The molecular weight excluding hydrogens is 192 g/mol. The van der Waals surface area contributed by atoms with Crippen LogP contribution in [0.25, 0.3) is 0 Å². The zero-order valence-electron chi connectivity index (χ0n) is 10.4. The summed E-state index contributed by atoms with van der Waals surface area (Å²) in [4.78, 5) is 14.9. The van der Waals surface area contributed by atoms with Gasteiger partial charge in [-0.1, -0.05) is 13.8 Å². The third-order valence-corrected chi connectivity index (χ3v) is 2.90. The van der Waals surface area contributed by atoms with Crippen LogP contribution in [-0.4, -0.2) is 60.1 Å². The molecule has 0 saturated carbocycles. The van der Waals surface area contributed by atoms with Gasteiger partial charge in [0.15, 0.2) is 0 Å². The molecule has 0 aromatic carbocycles. The predicted molar refractivity (Wildman–Crippen MR) is 62.1 cm³/mol. The summed E-state index contributed by atoms with van der Waals surface area (Å²) >= 11 is 0. The molecule has 1 atom stereocenters. The Morgan fingerprint density at radius 2 is 1.80 bits per heavy atom. The monoisotopic (exact) mass is 216 g/mol. The van der Waals surface area contributed by atoms with Crippen LogP contribution in [0, 0.1) is 0 Å². The van der Waals surface area contributed by atoms with Crippen LogP contribution in [0.4, 0.5) is 0 Å². The molecule has 1 N–H and O–H groups in total. The van der Waals surface area contributed by atoms with Crippen molar-refractivity contribution in [3.8, 4) is 0 Å². The molecule has 0 aliphatic carbocycles. The third kappa shape index (κ3) is 5.74. The van der Waals surface area contributed by atoms with Gasteiger partial charge in [-0.25, -0.2) is 0 Å². The lowest BCUT2D eigenvalue weighted by Gasteiger charge is -2.23. The largest absolute Gasteiger partial charge is 0.480 e. The first-order chi connectivity index (χ1) is 7.02. The lowest BCUT2D eigenvalue weighted by atomic mass is 10.2. The maximum absolute atomic E-state index is 10.7. The highest BCUT2D eigenvalue weighted by Crippen LogP contribution is 1.98. The number of carboxylic acids is 1. The van der Waals surface area contributed by atoms with E-state index in [0.29, 0.717) is 0 Å². The zero-order chi connectivity index (χ0) is 11.8. The zero-order valence-corrected chi connectivity index (χ0v) is 10.4. The summed E-state index contributed by atoms with van der Waals surface area (Å²) in [5.41, 5.74) is 0. The van der Waals surface area contributed by atoms with E-state index in [1.807, 2.05) is 11.9 Å². The van der Waals surface area contributed by atoms with Crippen molar-refractivity contribution in [3.05, 3.63) is 0 Å². The van der Waals surface area contributed by atoms with Gasteiger partial charge >= 0.3 is 5.97 Å². The van der Waals surface area contributed by atoms with Crippen molar-refractivity contribution >= 4 is 5.97 Å². The Morgan fingerprint density at radius 1 is 1.27 bits per heavy atom. The van der Waals surface area contributed by atoms with Gasteiger partial charge in [0.05, 0.1) is 0 Å². The normalized spacial score (nSPS) is 13.5. The number of carboxylic acid groups (broad SMARTS) is 1. The van der Waals surface area contributed by atoms with Crippen LogP contribution in [0.1, 0.15) is 27.2 Å². The van der Waals surface area contributed by atoms with E-state index in [0.717, 1.165) is 32.6 Å². The molecule has 1 unspecified atom stereocenters. The Morgan fingerprint density at radius 3 is 2.20 bits per heavy atom. The molecule has 0 bridgehead atoms. The van der Waals surface area contributed by atoms with Crippen molar-refractivity contribution in [2.75, 3.05) is 33.2 Å². The molecule has 0 rings (SSSR count). The average molecular weight is 216 g/mol. The summed E-state index contributed by atoms with van der Waals surface area (Å²) in [6, 6.07) is -0.387. The number of hydrogen-bond acceptors (Lipinski definition) is 3. The number of rotatable bonds is 8.